The number of aromatic nitrogens is 1. The Balaban J connectivity index is 2.48. The second-order valence-electron chi connectivity index (χ2n) is 2.89. The van der Waals surface area contributed by atoms with E-state index in [1.54, 1.807) is 0 Å². The van der Waals surface area contributed by atoms with Gasteiger partial charge in [-0.2, -0.15) is 0 Å². The van der Waals surface area contributed by atoms with E-state index >= 15 is 0 Å². The smallest absolute Gasteiger partial charge is 0.226 e. The second kappa shape index (κ2) is 3.05. The lowest BCUT2D eigenvalue weighted by Crippen LogP contribution is -1.76. The monoisotopic (exact) mass is 172 g/mol. The zero-order valence-electron chi connectivity index (χ0n) is 7.45. The molecule has 0 N–H and O–H groups in total. The van der Waals surface area contributed by atoms with Gasteiger partial charge in [-0.25, -0.2) is 4.98 Å². The summed E-state index contributed by atoms with van der Waals surface area (Å²) in [6.07, 6.45) is 0. The van der Waals surface area contributed by atoms with Gasteiger partial charge in [0, 0.05) is 12.5 Å². The molecule has 1 aromatic heterocycles. The third kappa shape index (κ3) is 1.47. The fourth-order valence-electron chi connectivity index (χ4n) is 1.13. The maximum atomic E-state index is 5.38. The van der Waals surface area contributed by atoms with E-state index in [-0.39, 0.29) is 0 Å². The molecule has 2 aromatic rings. The van der Waals surface area contributed by atoms with E-state index in [0.717, 1.165) is 11.3 Å². The van der Waals surface area contributed by atoms with Crippen LogP contribution < -0.4 is 0 Å². The normalized spacial score (nSPS) is 10.3. The highest BCUT2D eigenvalue weighted by Crippen LogP contribution is 2.20. The van der Waals surface area contributed by atoms with Crippen molar-refractivity contribution in [1.82, 2.24) is 4.98 Å². The number of rotatable bonds is 1. The molecule has 0 aliphatic carbocycles. The first-order valence-corrected chi connectivity index (χ1v) is 4.12. The van der Waals surface area contributed by atoms with Crippen molar-refractivity contribution in [1.29, 1.82) is 0 Å². The Labute approximate surface area is 77.2 Å². The molecule has 0 saturated heterocycles. The minimum Gasteiger partial charge on any atom is -0.441 e. The molecule has 0 bridgehead atoms. The van der Waals surface area contributed by atoms with Gasteiger partial charge in [0.2, 0.25) is 5.89 Å². The summed E-state index contributed by atoms with van der Waals surface area (Å²) in [6.45, 7) is 5.62. The van der Waals surface area contributed by atoms with Crippen molar-refractivity contribution in [3.63, 3.8) is 0 Å². The average molecular weight is 172 g/mol. The van der Waals surface area contributed by atoms with Crippen molar-refractivity contribution in [3.05, 3.63) is 48.7 Å². The molecule has 0 saturated carbocycles. The maximum Gasteiger partial charge on any atom is 0.226 e. The molecule has 2 nitrogen and oxygen atoms in total. The van der Waals surface area contributed by atoms with Crippen molar-refractivity contribution in [2.75, 3.05) is 0 Å². The molecule has 13 heavy (non-hydrogen) atoms. The highest BCUT2D eigenvalue weighted by molar-refractivity contribution is 5.53. The zero-order chi connectivity index (χ0) is 9.26. The lowest BCUT2D eigenvalue weighted by molar-refractivity contribution is 0.555. The van der Waals surface area contributed by atoms with Crippen LogP contribution in [0.2, 0.25) is 0 Å². The molecule has 65 valence electrons. The summed E-state index contributed by atoms with van der Waals surface area (Å²) in [5, 5.41) is 0. The summed E-state index contributed by atoms with van der Waals surface area (Å²) in [7, 11) is 0. The summed E-state index contributed by atoms with van der Waals surface area (Å²) in [5.74, 6) is 1.28. The van der Waals surface area contributed by atoms with E-state index in [2.05, 4.69) is 11.9 Å². The fourth-order valence-corrected chi connectivity index (χ4v) is 1.13. The summed E-state index contributed by atoms with van der Waals surface area (Å²) in [4.78, 5) is 4.25. The number of benzene rings is 1. The molecule has 0 unspecified atom stereocenters. The largest absolute Gasteiger partial charge is 0.441 e. The van der Waals surface area contributed by atoms with Crippen LogP contribution >= 0.6 is 0 Å². The van der Waals surface area contributed by atoms with Crippen LogP contribution in [0.3, 0.4) is 0 Å². The Hall–Kier alpha value is -1.57. The molecule has 1 radical (unpaired) electrons. The van der Waals surface area contributed by atoms with E-state index in [4.69, 9.17) is 4.42 Å². The quantitative estimate of drug-likeness (QED) is 0.661. The third-order valence-electron chi connectivity index (χ3n) is 1.91. The highest BCUT2D eigenvalue weighted by Gasteiger charge is 2.06. The first-order chi connectivity index (χ1) is 6.27. The molecule has 0 amide bonds. The van der Waals surface area contributed by atoms with Gasteiger partial charge in [-0.15, -0.1) is 0 Å². The van der Waals surface area contributed by atoms with Crippen molar-refractivity contribution in [2.24, 2.45) is 0 Å². The van der Waals surface area contributed by atoms with Crippen LogP contribution in [0.25, 0.3) is 11.5 Å². The standard InChI is InChI=1S/C11H10NO/c1-8-9(2)13-11(12-8)10-6-4-3-5-7-10/h3-7H,2H2,1H3. The van der Waals surface area contributed by atoms with Crippen molar-refractivity contribution >= 4 is 0 Å². The minimum atomic E-state index is 0.638. The number of hydrogen-bond donors (Lipinski definition) is 0. The molecule has 0 atom stereocenters. The van der Waals surface area contributed by atoms with Crippen LogP contribution in [-0.2, 0) is 0 Å². The van der Waals surface area contributed by atoms with Crippen molar-refractivity contribution in [2.45, 2.75) is 6.92 Å². The molecule has 2 rings (SSSR count). The van der Waals surface area contributed by atoms with Gasteiger partial charge in [-0.05, 0) is 19.1 Å². The zero-order valence-corrected chi connectivity index (χ0v) is 7.45. The van der Waals surface area contributed by atoms with Crippen LogP contribution in [0.1, 0.15) is 11.5 Å². The second-order valence-corrected chi connectivity index (χ2v) is 2.89. The number of hydrogen-bond acceptors (Lipinski definition) is 2. The molecule has 1 heterocycles. The Morgan fingerprint density at radius 2 is 1.92 bits per heavy atom. The van der Waals surface area contributed by atoms with E-state index in [0.29, 0.717) is 11.7 Å². The predicted octanol–water partition coefficient (Wildman–Crippen LogP) is 2.83. The SMILES string of the molecule is [CH2]c1oc(-c2ccccc2)nc1C. The van der Waals surface area contributed by atoms with Crippen LogP contribution in [0.5, 0.6) is 0 Å². The Bertz CT molecular complexity index is 384. The number of aryl methyl sites for hydroxylation is 1. The summed E-state index contributed by atoms with van der Waals surface area (Å²) < 4.78 is 5.38. The van der Waals surface area contributed by atoms with Gasteiger partial charge in [-0.3, -0.25) is 0 Å². The first-order valence-electron chi connectivity index (χ1n) is 4.12. The fraction of sp³-hybridized carbons (Fsp3) is 0.0909. The molecular formula is C11H10NO. The first kappa shape index (κ1) is 8.05. The van der Waals surface area contributed by atoms with Crippen LogP contribution in [0.15, 0.2) is 34.7 Å². The molecule has 0 spiro atoms. The van der Waals surface area contributed by atoms with Gasteiger partial charge in [0.1, 0.15) is 5.76 Å². The van der Waals surface area contributed by atoms with E-state index in [1.807, 2.05) is 37.3 Å². The van der Waals surface area contributed by atoms with Crippen LogP contribution in [0, 0.1) is 13.8 Å². The molecule has 0 fully saturated rings. The van der Waals surface area contributed by atoms with E-state index in [9.17, 15) is 0 Å². The van der Waals surface area contributed by atoms with Crippen molar-refractivity contribution < 1.29 is 4.42 Å². The average Bonchev–Trinajstić information content (AvgIpc) is 2.49. The minimum absolute atomic E-state index is 0.638. The third-order valence-corrected chi connectivity index (χ3v) is 1.91. The Morgan fingerprint density at radius 1 is 1.23 bits per heavy atom. The van der Waals surface area contributed by atoms with Gasteiger partial charge in [0.05, 0.1) is 5.69 Å². The molecule has 0 aliphatic rings. The highest BCUT2D eigenvalue weighted by atomic mass is 16.4. The van der Waals surface area contributed by atoms with E-state index < -0.39 is 0 Å². The molecule has 0 aliphatic heterocycles. The maximum absolute atomic E-state index is 5.38. The molecule has 1 aromatic carbocycles. The lowest BCUT2D eigenvalue weighted by Gasteiger charge is -1.91. The van der Waals surface area contributed by atoms with E-state index in [1.165, 1.54) is 0 Å². The van der Waals surface area contributed by atoms with Gasteiger partial charge in [-0.1, -0.05) is 18.2 Å². The van der Waals surface area contributed by atoms with Gasteiger partial charge in [0.25, 0.3) is 0 Å². The van der Waals surface area contributed by atoms with Gasteiger partial charge in [0.15, 0.2) is 0 Å². The summed E-state index contributed by atoms with van der Waals surface area (Å²) in [5.41, 5.74) is 1.83. The summed E-state index contributed by atoms with van der Waals surface area (Å²) in [6, 6.07) is 9.80. The van der Waals surface area contributed by atoms with Crippen molar-refractivity contribution in [3.8, 4) is 11.5 Å². The number of oxazole rings is 1. The molecule has 2 heteroatoms. The number of nitrogens with zero attached hydrogens (tertiary/aromatic N) is 1. The van der Waals surface area contributed by atoms with Gasteiger partial charge >= 0.3 is 0 Å². The Kier molecular flexibility index (Phi) is 1.89. The predicted molar refractivity (Wildman–Crippen MR) is 51.1 cm³/mol. The Morgan fingerprint density at radius 3 is 2.46 bits per heavy atom. The van der Waals surface area contributed by atoms with Crippen LogP contribution in [0.4, 0.5) is 0 Å². The van der Waals surface area contributed by atoms with Gasteiger partial charge < -0.3 is 4.42 Å². The van der Waals surface area contributed by atoms with Crippen LogP contribution in [-0.4, -0.2) is 4.98 Å². The topological polar surface area (TPSA) is 26.0 Å². The summed E-state index contributed by atoms with van der Waals surface area (Å²) >= 11 is 0. The lowest BCUT2D eigenvalue weighted by atomic mass is 10.2. The molecular weight excluding hydrogens is 162 g/mol.